The van der Waals surface area contributed by atoms with Gasteiger partial charge in [0.15, 0.2) is 0 Å². The number of benzene rings is 2. The summed E-state index contributed by atoms with van der Waals surface area (Å²) in [4.78, 5) is 18.8. The van der Waals surface area contributed by atoms with Gasteiger partial charge in [0.1, 0.15) is 30.5 Å². The maximum atomic E-state index is 13.2. The van der Waals surface area contributed by atoms with E-state index in [1.165, 1.54) is 12.1 Å². The van der Waals surface area contributed by atoms with Gasteiger partial charge in [0.2, 0.25) is 5.88 Å². The van der Waals surface area contributed by atoms with Crippen LogP contribution >= 0.6 is 0 Å². The van der Waals surface area contributed by atoms with Crippen molar-refractivity contribution >= 4 is 17.6 Å². The van der Waals surface area contributed by atoms with Crippen molar-refractivity contribution in [3.8, 4) is 5.88 Å². The molecule has 0 bridgehead atoms. The van der Waals surface area contributed by atoms with E-state index in [1.807, 2.05) is 37.3 Å². The van der Waals surface area contributed by atoms with E-state index < -0.39 is 6.09 Å². The van der Waals surface area contributed by atoms with Crippen LogP contribution in [0.3, 0.4) is 0 Å². The summed E-state index contributed by atoms with van der Waals surface area (Å²) in [7, 11) is 0. The number of nitrogen functional groups attached to an aromatic ring is 1. The van der Waals surface area contributed by atoms with Crippen molar-refractivity contribution in [1.82, 2.24) is 4.98 Å². The number of aromatic nitrogens is 1. The maximum Gasteiger partial charge on any atom is 0.415 e. The Morgan fingerprint density at radius 1 is 1.20 bits per heavy atom. The molecule has 2 aromatic carbocycles. The minimum absolute atomic E-state index is 0.171. The van der Waals surface area contributed by atoms with E-state index in [-0.39, 0.29) is 25.1 Å². The van der Waals surface area contributed by atoms with E-state index >= 15 is 0 Å². The first-order valence-electron chi connectivity index (χ1n) is 9.68. The predicted molar refractivity (Wildman–Crippen MR) is 112 cm³/mol. The van der Waals surface area contributed by atoms with Crippen LogP contribution < -0.4 is 15.4 Å². The molecule has 3 aromatic rings. The van der Waals surface area contributed by atoms with E-state index in [0.29, 0.717) is 23.8 Å². The number of pyridine rings is 1. The molecule has 0 saturated carbocycles. The van der Waals surface area contributed by atoms with Crippen molar-refractivity contribution in [2.75, 3.05) is 17.2 Å². The summed E-state index contributed by atoms with van der Waals surface area (Å²) >= 11 is 0. The zero-order valence-corrected chi connectivity index (χ0v) is 16.5. The Kier molecular flexibility index (Phi) is 5.52. The zero-order chi connectivity index (χ0) is 21.1. The second-order valence-corrected chi connectivity index (χ2v) is 7.23. The number of hydrogen-bond acceptors (Lipinski definition) is 5. The number of halogens is 1. The van der Waals surface area contributed by atoms with Crippen LogP contribution in [0.25, 0.3) is 0 Å². The molecule has 7 heteroatoms. The summed E-state index contributed by atoms with van der Waals surface area (Å²) in [5, 5.41) is 0. The van der Waals surface area contributed by atoms with E-state index in [9.17, 15) is 9.18 Å². The molecular formula is C23H22FN3O3. The molecule has 4 rings (SSSR count). The van der Waals surface area contributed by atoms with Gasteiger partial charge in [-0.15, -0.1) is 0 Å². The number of carbonyl (C=O) groups excluding carboxylic acids is 1. The molecule has 0 aliphatic carbocycles. The molecule has 6 nitrogen and oxygen atoms in total. The summed E-state index contributed by atoms with van der Waals surface area (Å²) in [6.45, 7) is 2.34. The molecule has 0 spiro atoms. The highest BCUT2D eigenvalue weighted by Gasteiger charge is 2.32. The van der Waals surface area contributed by atoms with E-state index in [0.717, 1.165) is 16.7 Å². The molecule has 1 amide bonds. The lowest BCUT2D eigenvalue weighted by Gasteiger charge is -2.34. The average Bonchev–Trinajstić information content (AvgIpc) is 2.75. The van der Waals surface area contributed by atoms with Gasteiger partial charge in [0, 0.05) is 12.0 Å². The van der Waals surface area contributed by atoms with Crippen LogP contribution in [0.15, 0.2) is 60.7 Å². The molecule has 154 valence electrons. The summed E-state index contributed by atoms with van der Waals surface area (Å²) in [5.74, 6) is 0.306. The highest BCUT2D eigenvalue weighted by Crippen LogP contribution is 2.36. The van der Waals surface area contributed by atoms with Gasteiger partial charge >= 0.3 is 6.09 Å². The monoisotopic (exact) mass is 407 g/mol. The Hall–Kier alpha value is -3.61. The average molecular weight is 407 g/mol. The lowest BCUT2D eigenvalue weighted by atomic mass is 10.0. The molecule has 1 aliphatic heterocycles. The number of nitrogens with zero attached hydrogens (tertiary/aromatic N) is 2. The molecular weight excluding hydrogens is 385 g/mol. The second kappa shape index (κ2) is 8.41. The van der Waals surface area contributed by atoms with Gasteiger partial charge in [-0.2, -0.15) is 4.98 Å². The van der Waals surface area contributed by atoms with Crippen molar-refractivity contribution in [1.29, 1.82) is 0 Å². The van der Waals surface area contributed by atoms with Crippen LogP contribution in [0.1, 0.15) is 23.6 Å². The van der Waals surface area contributed by atoms with Gasteiger partial charge in [0.05, 0.1) is 6.04 Å². The molecule has 0 saturated heterocycles. The van der Waals surface area contributed by atoms with Crippen molar-refractivity contribution in [3.05, 3.63) is 83.2 Å². The highest BCUT2D eigenvalue weighted by atomic mass is 19.1. The van der Waals surface area contributed by atoms with Crippen LogP contribution in [0, 0.1) is 5.82 Å². The molecule has 2 N–H and O–H groups in total. The van der Waals surface area contributed by atoms with Gasteiger partial charge in [-0.1, -0.05) is 42.5 Å². The Balaban J connectivity index is 1.59. The Morgan fingerprint density at radius 2 is 1.93 bits per heavy atom. The number of nitrogens with two attached hydrogens (primary N) is 1. The van der Waals surface area contributed by atoms with E-state index in [1.54, 1.807) is 23.1 Å². The fourth-order valence-electron chi connectivity index (χ4n) is 3.36. The van der Waals surface area contributed by atoms with Crippen LogP contribution in [0.2, 0.25) is 0 Å². The quantitative estimate of drug-likeness (QED) is 0.697. The Morgan fingerprint density at radius 3 is 2.67 bits per heavy atom. The molecule has 0 radical (unpaired) electrons. The van der Waals surface area contributed by atoms with Gasteiger partial charge < -0.3 is 15.2 Å². The summed E-state index contributed by atoms with van der Waals surface area (Å²) in [6, 6.07) is 17.2. The predicted octanol–water partition coefficient (Wildman–Crippen LogP) is 4.32. The van der Waals surface area contributed by atoms with Crippen LogP contribution in [0.4, 0.5) is 20.7 Å². The maximum absolute atomic E-state index is 13.2. The van der Waals surface area contributed by atoms with Crippen molar-refractivity contribution < 1.29 is 18.7 Å². The summed E-state index contributed by atoms with van der Waals surface area (Å²) < 4.78 is 24.4. The lowest BCUT2D eigenvalue weighted by molar-refractivity contribution is 0.139. The van der Waals surface area contributed by atoms with Crippen molar-refractivity contribution in [3.63, 3.8) is 0 Å². The first kappa shape index (κ1) is 19.7. The number of hydrogen-bond donors (Lipinski definition) is 1. The van der Waals surface area contributed by atoms with Crippen molar-refractivity contribution in [2.45, 2.75) is 26.0 Å². The number of ether oxygens (including phenoxy) is 2. The fourth-order valence-corrected chi connectivity index (χ4v) is 3.36. The highest BCUT2D eigenvalue weighted by molar-refractivity contribution is 5.91. The number of fused-ring (bicyclic) bond motifs is 1. The molecule has 1 atom stereocenters. The van der Waals surface area contributed by atoms with E-state index in [4.69, 9.17) is 15.2 Å². The van der Waals surface area contributed by atoms with E-state index in [2.05, 4.69) is 4.98 Å². The first-order chi connectivity index (χ1) is 14.5. The van der Waals surface area contributed by atoms with Gasteiger partial charge in [-0.25, -0.2) is 9.18 Å². The smallest absolute Gasteiger partial charge is 0.415 e. The Bertz CT molecular complexity index is 1040. The number of rotatable bonds is 4. The third-order valence-corrected chi connectivity index (χ3v) is 4.95. The molecule has 0 fully saturated rings. The topological polar surface area (TPSA) is 77.7 Å². The molecule has 30 heavy (non-hydrogen) atoms. The molecule has 1 aliphatic rings. The lowest BCUT2D eigenvalue weighted by Crippen LogP contribution is -2.45. The third-order valence-electron chi connectivity index (χ3n) is 4.95. The number of amides is 1. The molecule has 1 aromatic heterocycles. The normalized spacial score (nSPS) is 15.3. The molecule has 0 unspecified atom stereocenters. The van der Waals surface area contributed by atoms with Crippen LogP contribution in [-0.4, -0.2) is 23.7 Å². The largest absolute Gasteiger partial charge is 0.474 e. The summed E-state index contributed by atoms with van der Waals surface area (Å²) in [6.07, 6.45) is -0.0246. The number of carbonyl (C=O) groups is 1. The Labute approximate surface area is 174 Å². The van der Waals surface area contributed by atoms with Crippen molar-refractivity contribution in [2.24, 2.45) is 0 Å². The molecule has 2 heterocycles. The fraction of sp³-hybridized carbons (Fsp3) is 0.217. The SMILES string of the molecule is C[C@H]1COc2nc(N)c(Cc3ccc(F)cc3)cc2N1C(=O)OCc1ccccc1. The zero-order valence-electron chi connectivity index (χ0n) is 16.5. The third kappa shape index (κ3) is 4.20. The van der Waals surface area contributed by atoms with Crippen LogP contribution in [0.5, 0.6) is 5.88 Å². The van der Waals surface area contributed by atoms with Gasteiger partial charge in [-0.3, -0.25) is 4.90 Å². The van der Waals surface area contributed by atoms with Crippen LogP contribution in [-0.2, 0) is 17.8 Å². The summed E-state index contributed by atoms with van der Waals surface area (Å²) in [5.41, 5.74) is 9.13. The first-order valence-corrected chi connectivity index (χ1v) is 9.68. The van der Waals surface area contributed by atoms with Gasteiger partial charge in [0.25, 0.3) is 0 Å². The minimum Gasteiger partial charge on any atom is -0.474 e. The van der Waals surface area contributed by atoms with Gasteiger partial charge in [-0.05, 0) is 36.2 Å². The minimum atomic E-state index is -0.477. The number of anilines is 2. The second-order valence-electron chi connectivity index (χ2n) is 7.23. The standard InChI is InChI=1S/C23H22FN3O3/c1-15-13-29-22-20(27(15)23(28)30-14-17-5-3-2-4-6-17)12-18(21(25)26-22)11-16-7-9-19(24)10-8-16/h2-10,12,15H,11,13-14H2,1H3,(H2,25,26)/t15-/m0/s1.